The first-order chi connectivity index (χ1) is 15.6. The van der Waals surface area contributed by atoms with Gasteiger partial charge >= 0.3 is 5.69 Å². The van der Waals surface area contributed by atoms with E-state index in [9.17, 15) is 14.7 Å². The quantitative estimate of drug-likeness (QED) is 0.500. The van der Waals surface area contributed by atoms with Crippen molar-refractivity contribution in [1.82, 2.24) is 24.5 Å². The summed E-state index contributed by atoms with van der Waals surface area (Å²) in [6.07, 6.45) is 6.91. The molecule has 0 spiro atoms. The number of aromatic nitrogens is 5. The fraction of sp³-hybridized carbons (Fsp3) is 0.217. The molecule has 0 saturated carbocycles. The van der Waals surface area contributed by atoms with Crippen LogP contribution in [0.2, 0.25) is 0 Å². The molecule has 0 unspecified atom stereocenters. The monoisotopic (exact) mass is 431 g/mol. The van der Waals surface area contributed by atoms with Crippen LogP contribution < -0.4 is 11.2 Å². The fourth-order valence-electron chi connectivity index (χ4n) is 3.91. The van der Waals surface area contributed by atoms with Gasteiger partial charge in [-0.15, -0.1) is 5.10 Å². The number of hydrogen-bond acceptors (Lipinski definition) is 6. The van der Waals surface area contributed by atoms with Crippen LogP contribution in [-0.2, 0) is 4.74 Å². The third-order valence-corrected chi connectivity index (χ3v) is 5.55. The molecule has 2 aromatic heterocycles. The van der Waals surface area contributed by atoms with E-state index < -0.39 is 17.5 Å². The van der Waals surface area contributed by atoms with E-state index in [1.165, 1.54) is 10.8 Å². The number of aliphatic hydroxyl groups is 1. The van der Waals surface area contributed by atoms with Gasteiger partial charge in [-0.25, -0.2) is 9.48 Å². The number of hydrogen-bond donors (Lipinski definition) is 2. The Hall–Kier alpha value is -3.82. The fourth-order valence-corrected chi connectivity index (χ4v) is 3.91. The molecule has 3 heterocycles. The Kier molecular flexibility index (Phi) is 5.26. The minimum absolute atomic E-state index is 0.103. The van der Waals surface area contributed by atoms with E-state index in [0.29, 0.717) is 24.1 Å². The molecule has 1 saturated heterocycles. The van der Waals surface area contributed by atoms with Crippen LogP contribution in [0.5, 0.6) is 0 Å². The third-order valence-electron chi connectivity index (χ3n) is 5.55. The van der Waals surface area contributed by atoms with Gasteiger partial charge in [0.15, 0.2) is 0 Å². The largest absolute Gasteiger partial charge is 0.394 e. The van der Waals surface area contributed by atoms with Gasteiger partial charge in [0.2, 0.25) is 0 Å². The van der Waals surface area contributed by atoms with Gasteiger partial charge in [0.25, 0.3) is 5.56 Å². The molecule has 2 N–H and O–H groups in total. The highest BCUT2D eigenvalue weighted by Crippen LogP contribution is 2.26. The van der Waals surface area contributed by atoms with Crippen molar-refractivity contribution in [3.05, 3.63) is 87.0 Å². The molecule has 1 fully saturated rings. The van der Waals surface area contributed by atoms with Crippen LogP contribution in [0.3, 0.4) is 0 Å². The van der Waals surface area contributed by atoms with Crippen LogP contribution in [-0.4, -0.2) is 42.4 Å². The molecule has 1 aliphatic rings. The minimum Gasteiger partial charge on any atom is -0.394 e. The molecule has 1 aliphatic heterocycles. The van der Waals surface area contributed by atoms with E-state index in [0.717, 1.165) is 16.5 Å². The second-order valence-electron chi connectivity index (χ2n) is 7.64. The first kappa shape index (κ1) is 20.1. The average molecular weight is 431 g/mol. The molecule has 9 heteroatoms. The maximum absolute atomic E-state index is 12.3. The van der Waals surface area contributed by atoms with Crippen molar-refractivity contribution in [3.8, 4) is 5.69 Å². The molecule has 5 rings (SSSR count). The van der Waals surface area contributed by atoms with Crippen LogP contribution in [0, 0.1) is 0 Å². The van der Waals surface area contributed by atoms with Crippen LogP contribution in [0.15, 0.2) is 64.4 Å². The Balaban J connectivity index is 1.43. The topological polar surface area (TPSA) is 115 Å². The number of nitrogens with one attached hydrogen (secondary N) is 1. The SMILES string of the molecule is O=c1[nH]c(=O)n([C@H]2CC[C@@H](CO)O2)cc1/C=C/c1cn(-c2cccc3ccccc23)nn1. The summed E-state index contributed by atoms with van der Waals surface area (Å²) in [5.41, 5.74) is 0.713. The lowest BCUT2D eigenvalue weighted by atomic mass is 10.1. The van der Waals surface area contributed by atoms with Crippen molar-refractivity contribution in [2.75, 3.05) is 6.61 Å². The summed E-state index contributed by atoms with van der Waals surface area (Å²) in [4.78, 5) is 26.8. The molecule has 2 atom stereocenters. The van der Waals surface area contributed by atoms with Gasteiger partial charge < -0.3 is 9.84 Å². The molecule has 2 aromatic carbocycles. The Morgan fingerprint density at radius 2 is 1.94 bits per heavy atom. The van der Waals surface area contributed by atoms with Crippen molar-refractivity contribution < 1.29 is 9.84 Å². The molecule has 4 aromatic rings. The van der Waals surface area contributed by atoms with E-state index in [4.69, 9.17) is 4.74 Å². The minimum atomic E-state index is -0.544. The molecule has 32 heavy (non-hydrogen) atoms. The predicted molar refractivity (Wildman–Crippen MR) is 119 cm³/mol. The third kappa shape index (κ3) is 3.79. The van der Waals surface area contributed by atoms with Crippen molar-refractivity contribution in [3.63, 3.8) is 0 Å². The van der Waals surface area contributed by atoms with Crippen LogP contribution in [0.1, 0.15) is 30.3 Å². The molecule has 9 nitrogen and oxygen atoms in total. The van der Waals surface area contributed by atoms with Gasteiger partial charge in [-0.2, -0.15) is 0 Å². The Morgan fingerprint density at radius 3 is 2.78 bits per heavy atom. The number of aliphatic hydroxyl groups excluding tert-OH is 1. The van der Waals surface area contributed by atoms with E-state index in [2.05, 4.69) is 15.3 Å². The molecule has 0 amide bonds. The van der Waals surface area contributed by atoms with E-state index in [-0.39, 0.29) is 12.7 Å². The highest BCUT2D eigenvalue weighted by Gasteiger charge is 2.27. The summed E-state index contributed by atoms with van der Waals surface area (Å²) in [6.45, 7) is -0.103. The maximum Gasteiger partial charge on any atom is 0.330 e. The second kappa shape index (κ2) is 8.37. The number of H-pyrrole nitrogens is 1. The summed E-state index contributed by atoms with van der Waals surface area (Å²) in [6, 6.07) is 14.0. The van der Waals surface area contributed by atoms with Gasteiger partial charge in [0, 0.05) is 11.6 Å². The maximum atomic E-state index is 12.3. The van der Waals surface area contributed by atoms with Crippen molar-refractivity contribution in [2.24, 2.45) is 0 Å². The van der Waals surface area contributed by atoms with Gasteiger partial charge in [-0.05, 0) is 36.4 Å². The molecular formula is C23H21N5O4. The first-order valence-corrected chi connectivity index (χ1v) is 10.3. The van der Waals surface area contributed by atoms with Crippen LogP contribution in [0.4, 0.5) is 0 Å². The van der Waals surface area contributed by atoms with Gasteiger partial charge in [-0.3, -0.25) is 14.3 Å². The van der Waals surface area contributed by atoms with Crippen molar-refractivity contribution in [1.29, 1.82) is 0 Å². The first-order valence-electron chi connectivity index (χ1n) is 10.3. The lowest BCUT2D eigenvalue weighted by Gasteiger charge is -2.15. The highest BCUT2D eigenvalue weighted by atomic mass is 16.5. The van der Waals surface area contributed by atoms with Crippen molar-refractivity contribution in [2.45, 2.75) is 25.2 Å². The van der Waals surface area contributed by atoms with E-state index in [1.807, 2.05) is 42.5 Å². The summed E-state index contributed by atoms with van der Waals surface area (Å²) in [7, 11) is 0. The molecule has 0 aliphatic carbocycles. The average Bonchev–Trinajstić information content (AvgIpc) is 3.48. The van der Waals surface area contributed by atoms with Gasteiger partial charge in [0.1, 0.15) is 11.9 Å². The number of rotatable bonds is 5. The molecule has 0 radical (unpaired) electrons. The normalized spacial score (nSPS) is 18.7. The zero-order valence-corrected chi connectivity index (χ0v) is 17.1. The number of benzene rings is 2. The predicted octanol–water partition coefficient (Wildman–Crippen LogP) is 2.11. The smallest absolute Gasteiger partial charge is 0.330 e. The highest BCUT2D eigenvalue weighted by molar-refractivity contribution is 5.90. The van der Waals surface area contributed by atoms with Crippen LogP contribution >= 0.6 is 0 Å². The second-order valence-corrected chi connectivity index (χ2v) is 7.64. The Morgan fingerprint density at radius 1 is 1.09 bits per heavy atom. The van der Waals surface area contributed by atoms with E-state index in [1.54, 1.807) is 23.0 Å². The number of aromatic amines is 1. The Labute approximate surface area is 182 Å². The Bertz CT molecular complexity index is 1410. The molecule has 162 valence electrons. The summed E-state index contributed by atoms with van der Waals surface area (Å²) >= 11 is 0. The number of nitrogens with zero attached hydrogens (tertiary/aromatic N) is 4. The molecular weight excluding hydrogens is 410 g/mol. The summed E-state index contributed by atoms with van der Waals surface area (Å²) < 4.78 is 8.70. The van der Waals surface area contributed by atoms with Crippen molar-refractivity contribution >= 4 is 22.9 Å². The lowest BCUT2D eigenvalue weighted by Crippen LogP contribution is -2.33. The van der Waals surface area contributed by atoms with Gasteiger partial charge in [0.05, 0.1) is 30.2 Å². The zero-order chi connectivity index (χ0) is 22.1. The molecule has 0 bridgehead atoms. The lowest BCUT2D eigenvalue weighted by molar-refractivity contribution is -0.0246. The van der Waals surface area contributed by atoms with E-state index >= 15 is 0 Å². The standard InChI is InChI=1S/C23H21N5O4/c29-14-18-10-11-21(32-18)27-12-16(22(30)24-23(27)31)8-9-17-13-28(26-25-17)20-7-3-5-15-4-1-2-6-19(15)20/h1-9,12-13,18,21,29H,10-11,14H2,(H,24,30,31)/b9-8+/t18-,21+/m0/s1. The summed E-state index contributed by atoms with van der Waals surface area (Å²) in [5.74, 6) is 0. The van der Waals surface area contributed by atoms with Gasteiger partial charge in [-0.1, -0.05) is 41.6 Å². The zero-order valence-electron chi connectivity index (χ0n) is 17.1. The van der Waals surface area contributed by atoms with Crippen LogP contribution in [0.25, 0.3) is 28.6 Å². The summed E-state index contributed by atoms with van der Waals surface area (Å²) in [5, 5.41) is 19.8. The number of ether oxygens (including phenoxy) is 1. The number of fused-ring (bicyclic) bond motifs is 1.